The lowest BCUT2D eigenvalue weighted by Gasteiger charge is -2.25. The number of aryl methyl sites for hydroxylation is 1. The first-order valence-corrected chi connectivity index (χ1v) is 10.7. The van der Waals surface area contributed by atoms with Gasteiger partial charge < -0.3 is 14.4 Å². The van der Waals surface area contributed by atoms with Gasteiger partial charge in [0.1, 0.15) is 23.5 Å². The molecule has 3 aliphatic rings. The number of para-hydroxylation sites is 1. The molecule has 2 aromatic carbocycles. The number of carbonyl (C=O) groups excluding carboxylic acids is 1. The van der Waals surface area contributed by atoms with Crippen LogP contribution in [0.15, 0.2) is 54.7 Å². The topological polar surface area (TPSA) is 51.7 Å². The molecule has 0 aliphatic carbocycles. The number of hydrogen-bond acceptors (Lipinski definition) is 4. The first-order chi connectivity index (χ1) is 15.9. The fraction of sp³-hybridized carbons (Fsp3) is 0.280. The third kappa shape index (κ3) is 2.86. The number of benzene rings is 2. The van der Waals surface area contributed by atoms with E-state index in [2.05, 4.69) is 4.98 Å². The Morgan fingerprint density at radius 3 is 2.73 bits per heavy atom. The van der Waals surface area contributed by atoms with Gasteiger partial charge in [-0.1, -0.05) is 18.2 Å². The second kappa shape index (κ2) is 6.97. The summed E-state index contributed by atoms with van der Waals surface area (Å²) in [6, 6.07) is 13.2. The number of halogens is 3. The summed E-state index contributed by atoms with van der Waals surface area (Å²) < 4.78 is 52.6. The Morgan fingerprint density at radius 1 is 1.03 bits per heavy atom. The van der Waals surface area contributed by atoms with E-state index in [4.69, 9.17) is 9.47 Å². The van der Waals surface area contributed by atoms with Gasteiger partial charge in [-0.15, -0.1) is 0 Å². The van der Waals surface area contributed by atoms with Crippen LogP contribution in [0.2, 0.25) is 0 Å². The average Bonchev–Trinajstić information content (AvgIpc) is 3.29. The first-order valence-electron chi connectivity index (χ1n) is 10.7. The molecule has 8 heteroatoms. The number of rotatable bonds is 2. The van der Waals surface area contributed by atoms with Gasteiger partial charge in [0.15, 0.2) is 0 Å². The van der Waals surface area contributed by atoms with Crippen LogP contribution in [0.4, 0.5) is 18.9 Å². The molecule has 6 rings (SSSR count). The number of nitrogens with zero attached hydrogens (tertiary/aromatic N) is 2. The van der Waals surface area contributed by atoms with Gasteiger partial charge in [-0.25, -0.2) is 0 Å². The van der Waals surface area contributed by atoms with Gasteiger partial charge in [0.2, 0.25) is 5.91 Å². The molecule has 0 radical (unpaired) electrons. The van der Waals surface area contributed by atoms with Gasteiger partial charge in [-0.3, -0.25) is 9.78 Å². The molecule has 1 aromatic heterocycles. The second-order valence-electron chi connectivity index (χ2n) is 8.51. The third-order valence-electron chi connectivity index (χ3n) is 6.68. The third-order valence-corrected chi connectivity index (χ3v) is 6.68. The molecule has 0 bridgehead atoms. The zero-order chi connectivity index (χ0) is 22.8. The lowest BCUT2D eigenvalue weighted by atomic mass is 9.76. The fourth-order valence-electron chi connectivity index (χ4n) is 5.15. The van der Waals surface area contributed by atoms with Crippen LogP contribution in [0.1, 0.15) is 34.4 Å². The van der Waals surface area contributed by atoms with Gasteiger partial charge in [-0.2, -0.15) is 13.2 Å². The summed E-state index contributed by atoms with van der Waals surface area (Å²) in [6.07, 6.45) is -1.47. The molecule has 3 aromatic rings. The van der Waals surface area contributed by atoms with Crippen molar-refractivity contribution in [2.24, 2.45) is 0 Å². The van der Waals surface area contributed by atoms with Crippen molar-refractivity contribution >= 4 is 11.6 Å². The van der Waals surface area contributed by atoms with Crippen LogP contribution in [-0.2, 0) is 29.4 Å². The highest BCUT2D eigenvalue weighted by atomic mass is 19.4. The SMILES string of the molecule is O=C1N(Cc2ncccc2C(F)(F)F)c2ccccc2C12COc1cc3c(cc12)OCCC3. The van der Waals surface area contributed by atoms with Gasteiger partial charge in [0.05, 0.1) is 24.4 Å². The van der Waals surface area contributed by atoms with E-state index < -0.39 is 17.2 Å². The van der Waals surface area contributed by atoms with Crippen molar-refractivity contribution in [2.45, 2.75) is 31.0 Å². The zero-order valence-electron chi connectivity index (χ0n) is 17.5. The Hall–Kier alpha value is -3.55. The minimum Gasteiger partial charge on any atom is -0.493 e. The van der Waals surface area contributed by atoms with Crippen LogP contribution < -0.4 is 14.4 Å². The number of alkyl halides is 3. The van der Waals surface area contributed by atoms with Crippen LogP contribution in [0.25, 0.3) is 0 Å². The Morgan fingerprint density at radius 2 is 1.88 bits per heavy atom. The summed E-state index contributed by atoms with van der Waals surface area (Å²) in [4.78, 5) is 19.3. The normalized spacial score (nSPS) is 20.8. The first kappa shape index (κ1) is 20.1. The molecule has 5 nitrogen and oxygen atoms in total. The number of carbonyl (C=O) groups is 1. The summed E-state index contributed by atoms with van der Waals surface area (Å²) in [5.41, 5.74) is 0.843. The molecule has 0 fully saturated rings. The molecule has 0 saturated carbocycles. The van der Waals surface area contributed by atoms with E-state index >= 15 is 0 Å². The minimum absolute atomic E-state index is 0.0892. The zero-order valence-corrected chi connectivity index (χ0v) is 17.5. The van der Waals surface area contributed by atoms with Crippen molar-refractivity contribution in [1.82, 2.24) is 4.98 Å². The van der Waals surface area contributed by atoms with E-state index in [1.54, 1.807) is 12.1 Å². The summed E-state index contributed by atoms with van der Waals surface area (Å²) >= 11 is 0. The molecule has 0 saturated heterocycles. The second-order valence-corrected chi connectivity index (χ2v) is 8.51. The number of anilines is 1. The van der Waals surface area contributed by atoms with Crippen LogP contribution in [-0.4, -0.2) is 24.1 Å². The number of aromatic nitrogens is 1. The van der Waals surface area contributed by atoms with Crippen molar-refractivity contribution in [3.05, 3.63) is 82.7 Å². The fourth-order valence-corrected chi connectivity index (χ4v) is 5.15. The van der Waals surface area contributed by atoms with Crippen molar-refractivity contribution in [1.29, 1.82) is 0 Å². The van der Waals surface area contributed by atoms with E-state index in [0.717, 1.165) is 30.2 Å². The predicted octanol–water partition coefficient (Wildman–Crippen LogP) is 4.65. The van der Waals surface area contributed by atoms with Crippen LogP contribution in [0.3, 0.4) is 0 Å². The van der Waals surface area contributed by atoms with Gasteiger partial charge >= 0.3 is 6.18 Å². The van der Waals surface area contributed by atoms with Gasteiger partial charge in [0.25, 0.3) is 0 Å². The quantitative estimate of drug-likeness (QED) is 0.568. The molecule has 1 spiro atoms. The molecule has 168 valence electrons. The number of pyridine rings is 1. The Balaban J connectivity index is 1.48. The van der Waals surface area contributed by atoms with Crippen LogP contribution >= 0.6 is 0 Å². The highest BCUT2D eigenvalue weighted by molar-refractivity contribution is 6.11. The van der Waals surface area contributed by atoms with E-state index in [1.807, 2.05) is 24.3 Å². The Labute approximate surface area is 187 Å². The number of fused-ring (bicyclic) bond motifs is 5. The van der Waals surface area contributed by atoms with Crippen LogP contribution in [0.5, 0.6) is 11.5 Å². The number of amides is 1. The maximum absolute atomic E-state index is 14.0. The van der Waals surface area contributed by atoms with E-state index in [1.165, 1.54) is 17.2 Å². The number of hydrogen-bond donors (Lipinski definition) is 0. The smallest absolute Gasteiger partial charge is 0.418 e. The van der Waals surface area contributed by atoms with Crippen molar-refractivity contribution in [2.75, 3.05) is 18.1 Å². The van der Waals surface area contributed by atoms with Crippen LogP contribution in [0, 0.1) is 0 Å². The summed E-state index contributed by atoms with van der Waals surface area (Å²) in [5, 5.41) is 0. The maximum atomic E-state index is 14.0. The minimum atomic E-state index is -4.57. The summed E-state index contributed by atoms with van der Waals surface area (Å²) in [7, 11) is 0. The molecule has 33 heavy (non-hydrogen) atoms. The van der Waals surface area contributed by atoms with Crippen molar-refractivity contribution in [3.63, 3.8) is 0 Å². The Kier molecular flexibility index (Phi) is 4.24. The molecule has 1 unspecified atom stereocenters. The molecule has 1 atom stereocenters. The molecule has 0 N–H and O–H groups in total. The highest BCUT2D eigenvalue weighted by Gasteiger charge is 2.57. The molecular weight excluding hydrogens is 433 g/mol. The standard InChI is InChI=1S/C25H19F3N2O3/c26-25(27,28)16-7-3-9-29-19(16)13-30-20-8-2-1-6-17(20)24(23(30)31)14-33-22-11-15-5-4-10-32-21(15)12-18(22)24/h1-3,6-9,11-12H,4-5,10,13-14H2. The van der Waals surface area contributed by atoms with Gasteiger partial charge in [0, 0.05) is 17.4 Å². The lowest BCUT2D eigenvalue weighted by molar-refractivity contribution is -0.138. The largest absolute Gasteiger partial charge is 0.493 e. The summed E-state index contributed by atoms with van der Waals surface area (Å²) in [5.74, 6) is 1.03. The molecular formula is C25H19F3N2O3. The lowest BCUT2D eigenvalue weighted by Crippen LogP contribution is -2.42. The van der Waals surface area contributed by atoms with E-state index in [0.29, 0.717) is 29.2 Å². The van der Waals surface area contributed by atoms with Crippen molar-refractivity contribution < 1.29 is 27.4 Å². The van der Waals surface area contributed by atoms with E-state index in [9.17, 15) is 18.0 Å². The molecule has 3 aliphatic heterocycles. The average molecular weight is 452 g/mol. The number of ether oxygens (including phenoxy) is 2. The molecule has 1 amide bonds. The molecule has 4 heterocycles. The summed E-state index contributed by atoms with van der Waals surface area (Å²) in [6.45, 7) is 0.409. The maximum Gasteiger partial charge on any atom is 0.418 e. The van der Waals surface area contributed by atoms with E-state index in [-0.39, 0.29) is 24.8 Å². The predicted molar refractivity (Wildman–Crippen MR) is 113 cm³/mol. The monoisotopic (exact) mass is 452 g/mol. The Bertz CT molecular complexity index is 1290. The van der Waals surface area contributed by atoms with Gasteiger partial charge in [-0.05, 0) is 54.3 Å². The van der Waals surface area contributed by atoms with Crippen molar-refractivity contribution in [3.8, 4) is 11.5 Å². The highest BCUT2D eigenvalue weighted by Crippen LogP contribution is 2.54.